The number of ether oxygens (including phenoxy) is 3. The number of aromatic nitrogens is 2. The van der Waals surface area contributed by atoms with Crippen LogP contribution in [0.5, 0.6) is 11.5 Å². The summed E-state index contributed by atoms with van der Waals surface area (Å²) in [6.45, 7) is 2.54. The Labute approximate surface area is 163 Å². The van der Waals surface area contributed by atoms with Gasteiger partial charge in [-0.1, -0.05) is 5.16 Å². The third-order valence-electron chi connectivity index (χ3n) is 5.16. The third kappa shape index (κ3) is 4.11. The molecule has 2 fully saturated rings. The Morgan fingerprint density at radius 3 is 2.79 bits per heavy atom. The molecule has 8 heteroatoms. The Morgan fingerprint density at radius 1 is 1.25 bits per heavy atom. The molecule has 0 spiro atoms. The van der Waals surface area contributed by atoms with Crippen LogP contribution in [0.4, 0.5) is 0 Å². The molecule has 0 atom stereocenters. The monoisotopic (exact) mass is 387 g/mol. The highest BCUT2D eigenvalue weighted by atomic mass is 16.5. The average molecular weight is 387 g/mol. The SMILES string of the molecule is COc1ccc(C(=O)N2CC(c3nc(CCOCC4CC4)no3)C2)c(OC)c1. The van der Waals surface area contributed by atoms with Gasteiger partial charge in [0.05, 0.1) is 32.3 Å². The lowest BCUT2D eigenvalue weighted by molar-refractivity contribution is 0.0566. The van der Waals surface area contributed by atoms with Crippen molar-refractivity contribution in [2.45, 2.75) is 25.2 Å². The summed E-state index contributed by atoms with van der Waals surface area (Å²) in [6, 6.07) is 5.18. The third-order valence-corrected chi connectivity index (χ3v) is 5.16. The fourth-order valence-electron chi connectivity index (χ4n) is 3.18. The highest BCUT2D eigenvalue weighted by molar-refractivity contribution is 5.97. The lowest BCUT2D eigenvalue weighted by Gasteiger charge is -2.37. The molecule has 1 saturated heterocycles. The molecule has 1 amide bonds. The van der Waals surface area contributed by atoms with Gasteiger partial charge in [-0.15, -0.1) is 0 Å². The van der Waals surface area contributed by atoms with Gasteiger partial charge in [-0.25, -0.2) is 0 Å². The van der Waals surface area contributed by atoms with Crippen molar-refractivity contribution >= 4 is 5.91 Å². The molecular weight excluding hydrogens is 362 g/mol. The van der Waals surface area contributed by atoms with E-state index >= 15 is 0 Å². The first-order chi connectivity index (χ1) is 13.7. The first-order valence-electron chi connectivity index (χ1n) is 9.59. The van der Waals surface area contributed by atoms with Crippen molar-refractivity contribution in [3.05, 3.63) is 35.5 Å². The molecule has 0 unspecified atom stereocenters. The molecule has 150 valence electrons. The van der Waals surface area contributed by atoms with Gasteiger partial charge in [-0.3, -0.25) is 4.79 Å². The first-order valence-corrected chi connectivity index (χ1v) is 9.59. The molecule has 0 radical (unpaired) electrons. The molecule has 1 aliphatic heterocycles. The molecular formula is C20H25N3O5. The van der Waals surface area contributed by atoms with Gasteiger partial charge in [-0.2, -0.15) is 4.98 Å². The van der Waals surface area contributed by atoms with E-state index in [4.69, 9.17) is 18.7 Å². The number of benzene rings is 1. The maximum absolute atomic E-state index is 12.7. The van der Waals surface area contributed by atoms with E-state index < -0.39 is 0 Å². The van der Waals surface area contributed by atoms with Crippen molar-refractivity contribution in [1.29, 1.82) is 0 Å². The minimum atomic E-state index is -0.0797. The zero-order valence-electron chi connectivity index (χ0n) is 16.2. The standard InChI is InChI=1S/C20H25N3O5/c1-25-15-5-6-16(17(9-15)26-2)20(24)23-10-14(11-23)19-21-18(22-28-19)7-8-27-12-13-3-4-13/h5-6,9,13-14H,3-4,7-8,10-12H2,1-2H3. The predicted octanol–water partition coefficient (Wildman–Crippen LogP) is 2.30. The number of nitrogens with zero attached hydrogens (tertiary/aromatic N) is 3. The summed E-state index contributed by atoms with van der Waals surface area (Å²) in [5.74, 6) is 3.14. The zero-order valence-corrected chi connectivity index (χ0v) is 16.2. The van der Waals surface area contributed by atoms with Gasteiger partial charge in [0, 0.05) is 32.2 Å². The Morgan fingerprint density at radius 2 is 2.07 bits per heavy atom. The molecule has 1 saturated carbocycles. The number of carbonyl (C=O) groups excluding carboxylic acids is 1. The summed E-state index contributed by atoms with van der Waals surface area (Å²) >= 11 is 0. The molecule has 4 rings (SSSR count). The topological polar surface area (TPSA) is 86.9 Å². The van der Waals surface area contributed by atoms with Crippen LogP contribution in [-0.2, 0) is 11.2 Å². The zero-order chi connectivity index (χ0) is 19.5. The van der Waals surface area contributed by atoms with Gasteiger partial charge < -0.3 is 23.6 Å². The summed E-state index contributed by atoms with van der Waals surface area (Å²) in [5.41, 5.74) is 0.515. The van der Waals surface area contributed by atoms with Crippen LogP contribution in [0.25, 0.3) is 0 Å². The highest BCUT2D eigenvalue weighted by Crippen LogP contribution is 2.31. The van der Waals surface area contributed by atoms with Crippen molar-refractivity contribution in [1.82, 2.24) is 15.0 Å². The fourth-order valence-corrected chi connectivity index (χ4v) is 3.18. The molecule has 28 heavy (non-hydrogen) atoms. The molecule has 0 N–H and O–H groups in total. The Bertz CT molecular complexity index is 827. The fraction of sp³-hybridized carbons (Fsp3) is 0.550. The quantitative estimate of drug-likeness (QED) is 0.610. The van der Waals surface area contributed by atoms with Crippen molar-refractivity contribution in [3.8, 4) is 11.5 Å². The van der Waals surface area contributed by atoms with Crippen LogP contribution in [-0.4, -0.2) is 61.5 Å². The number of likely N-dealkylation sites (tertiary alicyclic amines) is 1. The van der Waals surface area contributed by atoms with Crippen LogP contribution < -0.4 is 9.47 Å². The molecule has 2 heterocycles. The van der Waals surface area contributed by atoms with E-state index in [9.17, 15) is 4.79 Å². The summed E-state index contributed by atoms with van der Waals surface area (Å²) in [5, 5.41) is 4.02. The minimum Gasteiger partial charge on any atom is -0.497 e. The minimum absolute atomic E-state index is 0.0711. The summed E-state index contributed by atoms with van der Waals surface area (Å²) in [6.07, 6.45) is 3.21. The van der Waals surface area contributed by atoms with E-state index in [2.05, 4.69) is 10.1 Å². The predicted molar refractivity (Wildman–Crippen MR) is 99.7 cm³/mol. The second-order valence-corrected chi connectivity index (χ2v) is 7.29. The van der Waals surface area contributed by atoms with Crippen molar-refractivity contribution in [2.24, 2.45) is 5.92 Å². The van der Waals surface area contributed by atoms with Gasteiger partial charge in [-0.05, 0) is 30.9 Å². The summed E-state index contributed by atoms with van der Waals surface area (Å²) < 4.78 is 21.5. The van der Waals surface area contributed by atoms with Gasteiger partial charge in [0.1, 0.15) is 11.5 Å². The second-order valence-electron chi connectivity index (χ2n) is 7.29. The molecule has 1 aromatic carbocycles. The number of carbonyl (C=O) groups is 1. The van der Waals surface area contributed by atoms with E-state index in [0.29, 0.717) is 54.9 Å². The van der Waals surface area contributed by atoms with Crippen molar-refractivity contribution in [2.75, 3.05) is 40.5 Å². The van der Waals surface area contributed by atoms with E-state index in [1.807, 2.05) is 0 Å². The van der Waals surface area contributed by atoms with Crippen LogP contribution >= 0.6 is 0 Å². The Balaban J connectivity index is 1.28. The molecule has 8 nitrogen and oxygen atoms in total. The van der Waals surface area contributed by atoms with E-state index in [1.54, 1.807) is 37.3 Å². The summed E-state index contributed by atoms with van der Waals surface area (Å²) in [4.78, 5) is 18.9. The molecule has 2 aliphatic rings. The normalized spacial score (nSPS) is 16.7. The van der Waals surface area contributed by atoms with Crippen LogP contribution in [0.1, 0.15) is 40.8 Å². The van der Waals surface area contributed by atoms with Crippen molar-refractivity contribution < 1.29 is 23.5 Å². The first kappa shape index (κ1) is 18.7. The van der Waals surface area contributed by atoms with Gasteiger partial charge >= 0.3 is 0 Å². The number of rotatable bonds is 9. The maximum atomic E-state index is 12.7. The maximum Gasteiger partial charge on any atom is 0.257 e. The average Bonchev–Trinajstić information content (AvgIpc) is 3.40. The van der Waals surface area contributed by atoms with E-state index in [-0.39, 0.29) is 11.8 Å². The molecule has 1 aromatic heterocycles. The molecule has 1 aliphatic carbocycles. The lowest BCUT2D eigenvalue weighted by atomic mass is 9.98. The Hall–Kier alpha value is -2.61. The van der Waals surface area contributed by atoms with Crippen LogP contribution in [0.15, 0.2) is 22.7 Å². The number of amides is 1. The number of methoxy groups -OCH3 is 2. The lowest BCUT2D eigenvalue weighted by Crippen LogP contribution is -2.48. The van der Waals surface area contributed by atoms with E-state index in [0.717, 1.165) is 12.5 Å². The second kappa shape index (κ2) is 8.18. The summed E-state index contributed by atoms with van der Waals surface area (Å²) in [7, 11) is 3.12. The van der Waals surface area contributed by atoms with Gasteiger partial charge in [0.25, 0.3) is 5.91 Å². The van der Waals surface area contributed by atoms with Crippen LogP contribution in [0.2, 0.25) is 0 Å². The molecule has 0 bridgehead atoms. The molecule has 2 aromatic rings. The number of hydrogen-bond donors (Lipinski definition) is 0. The van der Waals surface area contributed by atoms with Gasteiger partial charge in [0.2, 0.25) is 5.89 Å². The van der Waals surface area contributed by atoms with Crippen molar-refractivity contribution in [3.63, 3.8) is 0 Å². The largest absolute Gasteiger partial charge is 0.497 e. The van der Waals surface area contributed by atoms with E-state index in [1.165, 1.54) is 12.8 Å². The Kier molecular flexibility index (Phi) is 5.47. The van der Waals surface area contributed by atoms with Crippen LogP contribution in [0, 0.1) is 5.92 Å². The van der Waals surface area contributed by atoms with Crippen LogP contribution in [0.3, 0.4) is 0 Å². The smallest absolute Gasteiger partial charge is 0.257 e. The van der Waals surface area contributed by atoms with Gasteiger partial charge in [0.15, 0.2) is 5.82 Å². The highest BCUT2D eigenvalue weighted by Gasteiger charge is 2.36. The number of hydrogen-bond acceptors (Lipinski definition) is 7.